The standard InChI is InChI=1S/C31H20NO2.C13H24O2.Ir/c1-18-8-6-12-22-28-25(33-30(18)22)17-26-29(23-13-7-9-19(2)31(23)34-26)27(28)21-14-15-32-24(16-21)20-10-4-3-5-11-20;1-5-10(6-2)12(14)9-13(15)11(7-3)8-4;/h3-10,12-17H,1-2H3;9-11,14H,5-8H2,1-4H3;/q-1;;/b;12-9-;. The number of aromatic nitrogens is 1. The van der Waals surface area contributed by atoms with Gasteiger partial charge < -0.3 is 18.9 Å². The number of carbonyl (C=O) groups excluding carboxylic acids is 1. The average Bonchev–Trinajstić information content (AvgIpc) is 3.69. The molecule has 0 saturated heterocycles. The molecule has 0 aliphatic heterocycles. The van der Waals surface area contributed by atoms with Crippen LogP contribution in [0.3, 0.4) is 0 Å². The number of hydrogen-bond donors (Lipinski definition) is 1. The molecule has 259 valence electrons. The molecule has 3 aromatic heterocycles. The van der Waals surface area contributed by atoms with E-state index in [4.69, 9.17) is 8.83 Å². The summed E-state index contributed by atoms with van der Waals surface area (Å²) in [6.07, 6.45) is 6.78. The Kier molecular flexibility index (Phi) is 11.8. The predicted molar refractivity (Wildman–Crippen MR) is 202 cm³/mol. The smallest absolute Gasteiger partial charge is 0.162 e. The van der Waals surface area contributed by atoms with Gasteiger partial charge in [0, 0.05) is 77.4 Å². The molecule has 4 aromatic carbocycles. The first-order valence-electron chi connectivity index (χ1n) is 17.4. The van der Waals surface area contributed by atoms with Crippen LogP contribution in [0.1, 0.15) is 64.5 Å². The van der Waals surface area contributed by atoms with Crippen LogP contribution in [0.4, 0.5) is 0 Å². The Morgan fingerprint density at radius 1 is 0.780 bits per heavy atom. The number of rotatable bonds is 9. The van der Waals surface area contributed by atoms with Crippen LogP contribution in [0.15, 0.2) is 106 Å². The second-order valence-electron chi connectivity index (χ2n) is 12.8. The van der Waals surface area contributed by atoms with Gasteiger partial charge in [-0.15, -0.1) is 35.9 Å². The van der Waals surface area contributed by atoms with E-state index in [9.17, 15) is 9.90 Å². The van der Waals surface area contributed by atoms with Crippen molar-refractivity contribution in [2.24, 2.45) is 11.8 Å². The molecule has 1 radical (unpaired) electrons. The van der Waals surface area contributed by atoms with Crippen LogP contribution < -0.4 is 0 Å². The fourth-order valence-corrected chi connectivity index (χ4v) is 6.87. The Balaban J connectivity index is 0.000000261. The summed E-state index contributed by atoms with van der Waals surface area (Å²) in [7, 11) is 0. The number of fused-ring (bicyclic) bond motifs is 6. The first-order valence-corrected chi connectivity index (χ1v) is 17.4. The number of aliphatic hydroxyl groups excluding tert-OH is 1. The van der Waals surface area contributed by atoms with E-state index in [-0.39, 0.29) is 43.5 Å². The molecule has 0 amide bonds. The quantitative estimate of drug-likeness (QED) is 0.0890. The zero-order valence-electron chi connectivity index (χ0n) is 29.6. The first kappa shape index (κ1) is 36.8. The summed E-state index contributed by atoms with van der Waals surface area (Å²) in [5, 5.41) is 14.2. The van der Waals surface area contributed by atoms with Gasteiger partial charge in [0.05, 0.1) is 5.76 Å². The van der Waals surface area contributed by atoms with Gasteiger partial charge in [-0.1, -0.05) is 70.2 Å². The van der Waals surface area contributed by atoms with Gasteiger partial charge in [-0.2, -0.15) is 0 Å². The number of hydrogen-bond acceptors (Lipinski definition) is 5. The topological polar surface area (TPSA) is 76.5 Å². The van der Waals surface area contributed by atoms with Gasteiger partial charge in [-0.3, -0.25) is 4.79 Å². The van der Waals surface area contributed by atoms with Crippen LogP contribution in [0.2, 0.25) is 0 Å². The summed E-state index contributed by atoms with van der Waals surface area (Å²) in [5.41, 5.74) is 9.76. The Hall–Kier alpha value is -4.51. The van der Waals surface area contributed by atoms with E-state index in [1.165, 1.54) is 6.08 Å². The molecule has 1 N–H and O–H groups in total. The summed E-state index contributed by atoms with van der Waals surface area (Å²) in [5.74, 6) is 0.547. The number of para-hydroxylation sites is 2. The normalized spacial score (nSPS) is 11.8. The number of benzene rings is 4. The van der Waals surface area contributed by atoms with Crippen molar-refractivity contribution in [3.63, 3.8) is 0 Å². The van der Waals surface area contributed by atoms with E-state index in [2.05, 4.69) is 73.4 Å². The van der Waals surface area contributed by atoms with Crippen molar-refractivity contribution in [1.29, 1.82) is 0 Å². The van der Waals surface area contributed by atoms with E-state index in [0.717, 1.165) is 103 Å². The van der Waals surface area contributed by atoms with E-state index in [1.807, 2.05) is 64.2 Å². The molecule has 0 spiro atoms. The summed E-state index contributed by atoms with van der Waals surface area (Å²) >= 11 is 0. The van der Waals surface area contributed by atoms with Gasteiger partial charge in [0.25, 0.3) is 0 Å². The number of allylic oxidation sites excluding steroid dienone is 2. The number of carbonyl (C=O) groups is 1. The van der Waals surface area contributed by atoms with Gasteiger partial charge >= 0.3 is 0 Å². The number of furan rings is 2. The molecule has 7 aromatic rings. The monoisotopic (exact) mass is 843 g/mol. The van der Waals surface area contributed by atoms with Crippen LogP contribution in [-0.4, -0.2) is 15.9 Å². The van der Waals surface area contributed by atoms with E-state index >= 15 is 0 Å². The van der Waals surface area contributed by atoms with E-state index in [1.54, 1.807) is 0 Å². The minimum absolute atomic E-state index is 0. The molecular formula is C44H44IrNO4-. The van der Waals surface area contributed by atoms with Crippen LogP contribution in [0, 0.1) is 31.7 Å². The van der Waals surface area contributed by atoms with E-state index in [0.29, 0.717) is 0 Å². The third-order valence-electron chi connectivity index (χ3n) is 9.76. The predicted octanol–water partition coefficient (Wildman–Crippen LogP) is 12.5. The van der Waals surface area contributed by atoms with Crippen molar-refractivity contribution in [3.8, 4) is 22.4 Å². The fourth-order valence-electron chi connectivity index (χ4n) is 6.87. The molecular weight excluding hydrogens is 799 g/mol. The van der Waals surface area contributed by atoms with Crippen molar-refractivity contribution >= 4 is 49.7 Å². The van der Waals surface area contributed by atoms with E-state index < -0.39 is 0 Å². The molecule has 0 unspecified atom stereocenters. The molecule has 0 aliphatic carbocycles. The SMILES string of the molecule is CCC(CC)C(=O)/C=C(\O)C(CC)CC.Cc1cccc2c1oc1cc3oc4c(C)cccc4c3c(-c3ccnc(-c4[c-]cccc4)c3)c12.[Ir]. The zero-order valence-corrected chi connectivity index (χ0v) is 32.0. The molecule has 0 fully saturated rings. The number of aryl methyl sites for hydroxylation is 2. The number of nitrogens with zero attached hydrogens (tertiary/aromatic N) is 1. The van der Waals surface area contributed by atoms with Gasteiger partial charge in [0.2, 0.25) is 0 Å². The largest absolute Gasteiger partial charge is 0.512 e. The summed E-state index contributed by atoms with van der Waals surface area (Å²) < 4.78 is 12.8. The second-order valence-corrected chi connectivity index (χ2v) is 12.8. The Morgan fingerprint density at radius 2 is 1.36 bits per heavy atom. The minimum atomic E-state index is 0. The molecule has 0 aliphatic rings. The molecule has 6 heteroatoms. The van der Waals surface area contributed by atoms with Crippen molar-refractivity contribution in [2.45, 2.75) is 67.2 Å². The fraction of sp³-hybridized carbons (Fsp3) is 0.273. The summed E-state index contributed by atoms with van der Waals surface area (Å²) in [6, 6.07) is 30.1. The molecule has 7 rings (SSSR count). The molecule has 0 bridgehead atoms. The average molecular weight is 843 g/mol. The maximum atomic E-state index is 11.7. The van der Waals surface area contributed by atoms with Crippen molar-refractivity contribution < 1.29 is 38.8 Å². The van der Waals surface area contributed by atoms with Crippen LogP contribution in [0.5, 0.6) is 0 Å². The molecule has 50 heavy (non-hydrogen) atoms. The van der Waals surface area contributed by atoms with Gasteiger partial charge in [0.15, 0.2) is 5.78 Å². The molecule has 3 heterocycles. The maximum absolute atomic E-state index is 11.7. The molecule has 0 saturated carbocycles. The number of aliphatic hydroxyl groups is 1. The Labute approximate surface area is 307 Å². The Morgan fingerprint density at radius 3 is 1.88 bits per heavy atom. The maximum Gasteiger partial charge on any atom is 0.162 e. The third kappa shape index (κ3) is 7.06. The summed E-state index contributed by atoms with van der Waals surface area (Å²) in [6.45, 7) is 12.2. The van der Waals surface area contributed by atoms with Crippen LogP contribution in [0.25, 0.3) is 66.3 Å². The van der Waals surface area contributed by atoms with Crippen molar-refractivity contribution in [3.05, 3.63) is 114 Å². The van der Waals surface area contributed by atoms with Gasteiger partial charge in [-0.25, -0.2) is 0 Å². The molecule has 5 nitrogen and oxygen atoms in total. The Bertz CT molecular complexity index is 2190. The van der Waals surface area contributed by atoms with Gasteiger partial charge in [0.1, 0.15) is 22.3 Å². The van der Waals surface area contributed by atoms with Crippen molar-refractivity contribution in [1.82, 2.24) is 4.98 Å². The minimum Gasteiger partial charge on any atom is -0.512 e. The molecule has 0 atom stereocenters. The van der Waals surface area contributed by atoms with Crippen LogP contribution >= 0.6 is 0 Å². The number of pyridine rings is 1. The summed E-state index contributed by atoms with van der Waals surface area (Å²) in [4.78, 5) is 16.4. The first-order chi connectivity index (χ1) is 23.8. The van der Waals surface area contributed by atoms with Crippen molar-refractivity contribution in [2.75, 3.05) is 0 Å². The van der Waals surface area contributed by atoms with Crippen LogP contribution in [-0.2, 0) is 24.9 Å². The third-order valence-corrected chi connectivity index (χ3v) is 9.76. The second kappa shape index (κ2) is 16.0. The van der Waals surface area contributed by atoms with Gasteiger partial charge in [-0.05, 0) is 68.0 Å². The zero-order chi connectivity index (χ0) is 34.7. The number of ketones is 1.